The molecule has 0 radical (unpaired) electrons. The molecule has 1 aromatic rings. The summed E-state index contributed by atoms with van der Waals surface area (Å²) in [5.41, 5.74) is 1.60. The lowest BCUT2D eigenvalue weighted by molar-refractivity contribution is 0.128. The Labute approximate surface area is 117 Å². The van der Waals surface area contributed by atoms with E-state index < -0.39 is 0 Å². The summed E-state index contributed by atoms with van der Waals surface area (Å²) in [4.78, 5) is 2.57. The number of nitrogens with zero attached hydrogens (tertiary/aromatic N) is 1. The van der Waals surface area contributed by atoms with Gasteiger partial charge in [-0.3, -0.25) is 0 Å². The molecular formula is C16H27N3. The highest BCUT2D eigenvalue weighted by molar-refractivity contribution is 5.21. The summed E-state index contributed by atoms with van der Waals surface area (Å²) in [6, 6.07) is 11.2. The zero-order valence-electron chi connectivity index (χ0n) is 12.4. The molecule has 1 aliphatic rings. The normalized spacial score (nSPS) is 19.3. The highest BCUT2D eigenvalue weighted by Crippen LogP contribution is 2.33. The van der Waals surface area contributed by atoms with E-state index >= 15 is 0 Å². The van der Waals surface area contributed by atoms with Crippen molar-refractivity contribution in [3.63, 3.8) is 0 Å². The first-order valence-electron chi connectivity index (χ1n) is 7.29. The molecule has 1 heterocycles. The van der Waals surface area contributed by atoms with Crippen LogP contribution in [0.2, 0.25) is 0 Å². The van der Waals surface area contributed by atoms with Gasteiger partial charge in [0, 0.05) is 38.8 Å². The third-order valence-corrected chi connectivity index (χ3v) is 4.04. The van der Waals surface area contributed by atoms with E-state index in [0.717, 1.165) is 32.7 Å². The standard InChI is InChI=1S/C16H27N3/c1-16(2,13-19-11-9-18-10-12-19)15(17-3)14-7-5-4-6-8-14/h4-8,15,17-18H,9-13H2,1-3H3. The van der Waals surface area contributed by atoms with Gasteiger partial charge in [-0.25, -0.2) is 0 Å². The van der Waals surface area contributed by atoms with Crippen molar-refractivity contribution in [2.45, 2.75) is 19.9 Å². The van der Waals surface area contributed by atoms with Crippen molar-refractivity contribution < 1.29 is 0 Å². The molecular weight excluding hydrogens is 234 g/mol. The van der Waals surface area contributed by atoms with Gasteiger partial charge in [0.2, 0.25) is 0 Å². The van der Waals surface area contributed by atoms with Crippen molar-refractivity contribution in [2.75, 3.05) is 39.8 Å². The summed E-state index contributed by atoms with van der Waals surface area (Å²) in [5.74, 6) is 0. The Morgan fingerprint density at radius 2 is 1.84 bits per heavy atom. The van der Waals surface area contributed by atoms with Crippen LogP contribution in [-0.4, -0.2) is 44.7 Å². The molecule has 1 saturated heterocycles. The Kier molecular flexibility index (Phi) is 4.97. The van der Waals surface area contributed by atoms with Crippen LogP contribution in [0.15, 0.2) is 30.3 Å². The highest BCUT2D eigenvalue weighted by Gasteiger charge is 2.31. The number of hydrogen-bond donors (Lipinski definition) is 2. The topological polar surface area (TPSA) is 27.3 Å². The lowest BCUT2D eigenvalue weighted by Gasteiger charge is -2.40. The summed E-state index contributed by atoms with van der Waals surface area (Å²) >= 11 is 0. The molecule has 1 fully saturated rings. The Hall–Kier alpha value is -0.900. The number of rotatable bonds is 5. The Balaban J connectivity index is 2.07. The van der Waals surface area contributed by atoms with E-state index in [1.54, 1.807) is 0 Å². The maximum Gasteiger partial charge on any atom is 0.0381 e. The SMILES string of the molecule is CNC(c1ccccc1)C(C)(C)CN1CCNCC1. The Bertz CT molecular complexity index is 369. The fourth-order valence-corrected chi connectivity index (χ4v) is 3.19. The van der Waals surface area contributed by atoms with Crippen LogP contribution >= 0.6 is 0 Å². The van der Waals surface area contributed by atoms with Gasteiger partial charge in [-0.05, 0) is 18.0 Å². The zero-order valence-corrected chi connectivity index (χ0v) is 12.4. The molecule has 19 heavy (non-hydrogen) atoms. The van der Waals surface area contributed by atoms with Gasteiger partial charge < -0.3 is 15.5 Å². The average molecular weight is 261 g/mol. The molecule has 0 bridgehead atoms. The van der Waals surface area contributed by atoms with E-state index in [1.807, 2.05) is 0 Å². The lowest BCUT2D eigenvalue weighted by Crippen LogP contribution is -2.49. The van der Waals surface area contributed by atoms with Crippen molar-refractivity contribution in [3.8, 4) is 0 Å². The predicted octanol–water partition coefficient (Wildman–Crippen LogP) is 1.88. The minimum Gasteiger partial charge on any atom is -0.314 e. The number of piperazine rings is 1. The average Bonchev–Trinajstić information content (AvgIpc) is 2.41. The second-order valence-corrected chi connectivity index (χ2v) is 6.15. The van der Waals surface area contributed by atoms with Crippen molar-refractivity contribution in [1.82, 2.24) is 15.5 Å². The Morgan fingerprint density at radius 3 is 2.42 bits per heavy atom. The highest BCUT2D eigenvalue weighted by atomic mass is 15.2. The van der Waals surface area contributed by atoms with E-state index in [-0.39, 0.29) is 5.41 Å². The summed E-state index contributed by atoms with van der Waals surface area (Å²) in [7, 11) is 2.07. The van der Waals surface area contributed by atoms with Crippen molar-refractivity contribution >= 4 is 0 Å². The van der Waals surface area contributed by atoms with E-state index in [0.29, 0.717) is 6.04 Å². The first-order valence-corrected chi connectivity index (χ1v) is 7.29. The van der Waals surface area contributed by atoms with Gasteiger partial charge in [0.25, 0.3) is 0 Å². The molecule has 106 valence electrons. The zero-order chi connectivity index (χ0) is 13.7. The van der Waals surface area contributed by atoms with Crippen molar-refractivity contribution in [3.05, 3.63) is 35.9 Å². The molecule has 0 amide bonds. The van der Waals surface area contributed by atoms with Crippen LogP contribution in [0.4, 0.5) is 0 Å². The molecule has 1 atom stereocenters. The second-order valence-electron chi connectivity index (χ2n) is 6.15. The maximum atomic E-state index is 3.51. The molecule has 1 aliphatic heterocycles. The minimum absolute atomic E-state index is 0.216. The molecule has 0 aliphatic carbocycles. The molecule has 3 nitrogen and oxygen atoms in total. The minimum atomic E-state index is 0.216. The van der Waals surface area contributed by atoms with Crippen LogP contribution in [0.1, 0.15) is 25.5 Å². The third-order valence-electron chi connectivity index (χ3n) is 4.04. The maximum absolute atomic E-state index is 3.51. The molecule has 1 aromatic carbocycles. The number of hydrogen-bond acceptors (Lipinski definition) is 3. The van der Waals surface area contributed by atoms with Gasteiger partial charge >= 0.3 is 0 Å². The van der Waals surface area contributed by atoms with Crippen LogP contribution in [-0.2, 0) is 0 Å². The van der Waals surface area contributed by atoms with Gasteiger partial charge in [0.05, 0.1) is 0 Å². The van der Waals surface area contributed by atoms with E-state index in [1.165, 1.54) is 5.56 Å². The molecule has 0 saturated carbocycles. The van der Waals surface area contributed by atoms with E-state index in [9.17, 15) is 0 Å². The van der Waals surface area contributed by atoms with Gasteiger partial charge in [-0.15, -0.1) is 0 Å². The monoisotopic (exact) mass is 261 g/mol. The van der Waals surface area contributed by atoms with E-state index in [4.69, 9.17) is 0 Å². The summed E-state index contributed by atoms with van der Waals surface area (Å²) < 4.78 is 0. The van der Waals surface area contributed by atoms with Crippen molar-refractivity contribution in [2.24, 2.45) is 5.41 Å². The fourth-order valence-electron chi connectivity index (χ4n) is 3.19. The van der Waals surface area contributed by atoms with Gasteiger partial charge in [-0.1, -0.05) is 44.2 Å². The molecule has 3 heteroatoms. The van der Waals surface area contributed by atoms with Crippen LogP contribution in [0, 0.1) is 5.41 Å². The summed E-state index contributed by atoms with van der Waals surface area (Å²) in [5, 5.41) is 6.92. The van der Waals surface area contributed by atoms with E-state index in [2.05, 4.69) is 66.8 Å². The largest absolute Gasteiger partial charge is 0.314 e. The van der Waals surface area contributed by atoms with Crippen LogP contribution in [0.3, 0.4) is 0 Å². The van der Waals surface area contributed by atoms with Gasteiger partial charge in [0.15, 0.2) is 0 Å². The molecule has 0 aromatic heterocycles. The fraction of sp³-hybridized carbons (Fsp3) is 0.625. The molecule has 1 unspecified atom stereocenters. The van der Waals surface area contributed by atoms with Crippen LogP contribution < -0.4 is 10.6 Å². The summed E-state index contributed by atoms with van der Waals surface area (Å²) in [6.45, 7) is 10.4. The first kappa shape index (κ1) is 14.5. The van der Waals surface area contributed by atoms with Gasteiger partial charge in [-0.2, -0.15) is 0 Å². The third kappa shape index (κ3) is 3.78. The molecule has 2 N–H and O–H groups in total. The number of benzene rings is 1. The molecule has 2 rings (SSSR count). The lowest BCUT2D eigenvalue weighted by atomic mass is 9.80. The number of nitrogens with one attached hydrogen (secondary N) is 2. The predicted molar refractivity (Wildman–Crippen MR) is 81.3 cm³/mol. The quantitative estimate of drug-likeness (QED) is 0.847. The van der Waals surface area contributed by atoms with Crippen LogP contribution in [0.5, 0.6) is 0 Å². The molecule has 0 spiro atoms. The van der Waals surface area contributed by atoms with Crippen molar-refractivity contribution in [1.29, 1.82) is 0 Å². The second kappa shape index (κ2) is 6.51. The first-order chi connectivity index (χ1) is 9.13. The smallest absolute Gasteiger partial charge is 0.0381 e. The Morgan fingerprint density at radius 1 is 1.21 bits per heavy atom. The summed E-state index contributed by atoms with van der Waals surface area (Å²) in [6.07, 6.45) is 0. The van der Waals surface area contributed by atoms with Gasteiger partial charge in [0.1, 0.15) is 0 Å². The van der Waals surface area contributed by atoms with Crippen LogP contribution in [0.25, 0.3) is 0 Å².